The SMILES string of the molecule is CCN=C(NC1CC1c1ccccc1OC(F)(F)F)N1CCN(c2ccccn2)CC1. The van der Waals surface area contributed by atoms with Gasteiger partial charge in [0.1, 0.15) is 11.6 Å². The number of alkyl halides is 3. The maximum atomic E-state index is 12.7. The summed E-state index contributed by atoms with van der Waals surface area (Å²) in [5.41, 5.74) is 0.577. The highest BCUT2D eigenvalue weighted by Crippen LogP contribution is 2.45. The van der Waals surface area contributed by atoms with Gasteiger partial charge < -0.3 is 19.9 Å². The quantitative estimate of drug-likeness (QED) is 0.577. The zero-order chi connectivity index (χ0) is 21.8. The summed E-state index contributed by atoms with van der Waals surface area (Å²) < 4.78 is 42.4. The predicted octanol–water partition coefficient (Wildman–Crippen LogP) is 3.62. The number of pyridine rings is 1. The molecule has 4 rings (SSSR count). The molecule has 2 fully saturated rings. The van der Waals surface area contributed by atoms with Crippen LogP contribution in [-0.4, -0.2) is 61.0 Å². The molecule has 9 heteroatoms. The molecule has 1 aliphatic heterocycles. The van der Waals surface area contributed by atoms with Gasteiger partial charge in [0.05, 0.1) is 0 Å². The van der Waals surface area contributed by atoms with Crippen LogP contribution in [0, 0.1) is 0 Å². The Morgan fingerprint density at radius 3 is 2.55 bits per heavy atom. The molecule has 2 atom stereocenters. The van der Waals surface area contributed by atoms with Crippen molar-refractivity contribution in [3.8, 4) is 5.75 Å². The second-order valence-corrected chi connectivity index (χ2v) is 7.64. The fraction of sp³-hybridized carbons (Fsp3) is 0.455. The van der Waals surface area contributed by atoms with Crippen LogP contribution in [0.3, 0.4) is 0 Å². The number of anilines is 1. The number of halogens is 3. The Labute approximate surface area is 179 Å². The Balaban J connectivity index is 1.37. The van der Waals surface area contributed by atoms with Crippen LogP contribution < -0.4 is 15.0 Å². The van der Waals surface area contributed by atoms with E-state index in [1.54, 1.807) is 24.4 Å². The van der Waals surface area contributed by atoms with Crippen LogP contribution in [0.1, 0.15) is 24.8 Å². The number of hydrogen-bond acceptors (Lipinski definition) is 4. The molecular weight excluding hydrogens is 407 g/mol. The third-order valence-corrected chi connectivity index (χ3v) is 5.51. The lowest BCUT2D eigenvalue weighted by Crippen LogP contribution is -2.53. The van der Waals surface area contributed by atoms with Gasteiger partial charge >= 0.3 is 6.36 Å². The molecule has 2 unspecified atom stereocenters. The Morgan fingerprint density at radius 2 is 1.87 bits per heavy atom. The van der Waals surface area contributed by atoms with E-state index in [0.717, 1.165) is 44.4 Å². The molecule has 1 saturated heterocycles. The molecule has 1 N–H and O–H groups in total. The summed E-state index contributed by atoms with van der Waals surface area (Å²) in [6.45, 7) is 5.87. The van der Waals surface area contributed by atoms with Crippen LogP contribution in [0.2, 0.25) is 0 Å². The number of nitrogens with one attached hydrogen (secondary N) is 1. The molecule has 31 heavy (non-hydrogen) atoms. The average Bonchev–Trinajstić information content (AvgIpc) is 3.52. The van der Waals surface area contributed by atoms with E-state index in [1.807, 2.05) is 25.1 Å². The van der Waals surface area contributed by atoms with E-state index < -0.39 is 6.36 Å². The number of para-hydroxylation sites is 1. The minimum atomic E-state index is -4.70. The van der Waals surface area contributed by atoms with Crippen molar-refractivity contribution in [3.63, 3.8) is 0 Å². The van der Waals surface area contributed by atoms with Crippen LogP contribution in [0.5, 0.6) is 5.75 Å². The zero-order valence-corrected chi connectivity index (χ0v) is 17.3. The number of aliphatic imine (C=N–C) groups is 1. The van der Waals surface area contributed by atoms with Crippen LogP contribution in [0.15, 0.2) is 53.7 Å². The first kappa shape index (κ1) is 21.3. The van der Waals surface area contributed by atoms with Crippen LogP contribution in [-0.2, 0) is 0 Å². The maximum Gasteiger partial charge on any atom is 0.573 e. The normalized spacial score (nSPS) is 21.7. The number of benzene rings is 1. The number of hydrogen-bond donors (Lipinski definition) is 1. The summed E-state index contributed by atoms with van der Waals surface area (Å²) in [6.07, 6.45) is -2.16. The smallest absolute Gasteiger partial charge is 0.405 e. The van der Waals surface area contributed by atoms with Gasteiger partial charge in [0.15, 0.2) is 5.96 Å². The molecule has 1 saturated carbocycles. The molecule has 1 aliphatic carbocycles. The molecule has 0 spiro atoms. The second kappa shape index (κ2) is 9.03. The van der Waals surface area contributed by atoms with Gasteiger partial charge in [-0.3, -0.25) is 4.99 Å². The van der Waals surface area contributed by atoms with Gasteiger partial charge in [-0.15, -0.1) is 13.2 Å². The van der Waals surface area contributed by atoms with Crippen molar-refractivity contribution in [2.75, 3.05) is 37.6 Å². The molecule has 6 nitrogen and oxygen atoms in total. The highest BCUT2D eigenvalue weighted by Gasteiger charge is 2.43. The zero-order valence-electron chi connectivity index (χ0n) is 17.3. The summed E-state index contributed by atoms with van der Waals surface area (Å²) >= 11 is 0. The Kier molecular flexibility index (Phi) is 6.20. The Morgan fingerprint density at radius 1 is 1.13 bits per heavy atom. The van der Waals surface area contributed by atoms with Crippen molar-refractivity contribution in [2.24, 2.45) is 4.99 Å². The number of rotatable bonds is 5. The van der Waals surface area contributed by atoms with E-state index in [9.17, 15) is 13.2 Å². The molecule has 1 aromatic heterocycles. The second-order valence-electron chi connectivity index (χ2n) is 7.64. The van der Waals surface area contributed by atoms with Crippen molar-refractivity contribution in [1.29, 1.82) is 0 Å². The topological polar surface area (TPSA) is 53.0 Å². The molecule has 166 valence electrons. The average molecular weight is 433 g/mol. The van der Waals surface area contributed by atoms with Gasteiger partial charge in [-0.25, -0.2) is 4.98 Å². The molecular formula is C22H26F3N5O. The number of guanidine groups is 1. The molecule has 0 bridgehead atoms. The largest absolute Gasteiger partial charge is 0.573 e. The van der Waals surface area contributed by atoms with Crippen molar-refractivity contribution in [3.05, 3.63) is 54.2 Å². The van der Waals surface area contributed by atoms with Gasteiger partial charge in [0, 0.05) is 50.9 Å². The lowest BCUT2D eigenvalue weighted by atomic mass is 10.1. The van der Waals surface area contributed by atoms with Gasteiger partial charge in [0.25, 0.3) is 0 Å². The summed E-state index contributed by atoms with van der Waals surface area (Å²) in [6, 6.07) is 12.3. The molecule has 1 aromatic carbocycles. The van der Waals surface area contributed by atoms with Crippen molar-refractivity contribution < 1.29 is 17.9 Å². The highest BCUT2D eigenvalue weighted by atomic mass is 19.4. The fourth-order valence-corrected chi connectivity index (χ4v) is 3.94. The van der Waals surface area contributed by atoms with E-state index in [1.165, 1.54) is 6.07 Å². The van der Waals surface area contributed by atoms with Crippen LogP contribution in [0.4, 0.5) is 19.0 Å². The maximum absolute atomic E-state index is 12.7. The van der Waals surface area contributed by atoms with E-state index >= 15 is 0 Å². The minimum Gasteiger partial charge on any atom is -0.405 e. The monoisotopic (exact) mass is 433 g/mol. The van der Waals surface area contributed by atoms with Crippen LogP contribution in [0.25, 0.3) is 0 Å². The van der Waals surface area contributed by atoms with Crippen molar-refractivity contribution in [2.45, 2.75) is 31.7 Å². The molecule has 2 heterocycles. The van der Waals surface area contributed by atoms with Gasteiger partial charge in [-0.05, 0) is 37.1 Å². The first-order chi connectivity index (χ1) is 14.9. The first-order valence-corrected chi connectivity index (χ1v) is 10.5. The molecule has 0 radical (unpaired) electrons. The van der Waals surface area contributed by atoms with Gasteiger partial charge in [-0.2, -0.15) is 0 Å². The Bertz CT molecular complexity index is 898. The van der Waals surface area contributed by atoms with Gasteiger partial charge in [0.2, 0.25) is 0 Å². The standard InChI is InChI=1S/C22H26F3N5O/c1-2-26-21(30-13-11-29(12-14-30)20-9-5-6-10-27-20)28-18-15-17(18)16-7-3-4-8-19(16)31-22(23,24)25/h3-10,17-18H,2,11-15H2,1H3,(H,26,28). The molecule has 0 amide bonds. The number of aromatic nitrogens is 1. The number of piperazine rings is 1. The fourth-order valence-electron chi connectivity index (χ4n) is 3.94. The highest BCUT2D eigenvalue weighted by molar-refractivity contribution is 5.81. The minimum absolute atomic E-state index is 0.0320. The summed E-state index contributed by atoms with van der Waals surface area (Å²) in [5.74, 6) is 1.62. The lowest BCUT2D eigenvalue weighted by molar-refractivity contribution is -0.274. The van der Waals surface area contributed by atoms with Crippen molar-refractivity contribution in [1.82, 2.24) is 15.2 Å². The van der Waals surface area contributed by atoms with E-state index in [0.29, 0.717) is 12.1 Å². The predicted molar refractivity (Wildman–Crippen MR) is 113 cm³/mol. The lowest BCUT2D eigenvalue weighted by Gasteiger charge is -2.37. The summed E-state index contributed by atoms with van der Waals surface area (Å²) in [7, 11) is 0. The number of nitrogens with zero attached hydrogens (tertiary/aromatic N) is 4. The molecule has 2 aliphatic rings. The summed E-state index contributed by atoms with van der Waals surface area (Å²) in [5, 5.41) is 3.46. The van der Waals surface area contributed by atoms with E-state index in [4.69, 9.17) is 0 Å². The van der Waals surface area contributed by atoms with Crippen molar-refractivity contribution >= 4 is 11.8 Å². The third-order valence-electron chi connectivity index (χ3n) is 5.51. The number of ether oxygens (including phenoxy) is 1. The Hall–Kier alpha value is -2.97. The van der Waals surface area contributed by atoms with E-state index in [2.05, 4.69) is 29.8 Å². The first-order valence-electron chi connectivity index (χ1n) is 10.5. The molecule has 2 aromatic rings. The summed E-state index contributed by atoms with van der Waals surface area (Å²) in [4.78, 5) is 13.5. The van der Waals surface area contributed by atoms with E-state index in [-0.39, 0.29) is 17.7 Å². The van der Waals surface area contributed by atoms with Crippen LogP contribution >= 0.6 is 0 Å². The third kappa shape index (κ3) is 5.39. The van der Waals surface area contributed by atoms with Gasteiger partial charge in [-0.1, -0.05) is 24.3 Å².